The fourth-order valence-electron chi connectivity index (χ4n) is 3.65. The largest absolute Gasteiger partial charge is 0.314 e. The molecule has 18 heavy (non-hydrogen) atoms. The molecule has 3 rings (SSSR count). The first-order chi connectivity index (χ1) is 8.80. The number of rotatable bonds is 2. The summed E-state index contributed by atoms with van der Waals surface area (Å²) in [6.07, 6.45) is 5.58. The zero-order valence-electron chi connectivity index (χ0n) is 11.4. The molecule has 1 aliphatic heterocycles. The zero-order chi connectivity index (χ0) is 12.4. The van der Waals surface area contributed by atoms with Crippen LogP contribution in [-0.2, 0) is 6.54 Å². The molecule has 1 saturated heterocycles. The van der Waals surface area contributed by atoms with Gasteiger partial charge < -0.3 is 5.32 Å². The van der Waals surface area contributed by atoms with Gasteiger partial charge in [0.15, 0.2) is 0 Å². The van der Waals surface area contributed by atoms with Crippen LogP contribution in [-0.4, -0.2) is 30.1 Å². The van der Waals surface area contributed by atoms with Crippen LogP contribution in [0.15, 0.2) is 24.3 Å². The number of hydrogen-bond donors (Lipinski definition) is 1. The molecule has 2 heteroatoms. The normalized spacial score (nSPS) is 23.6. The molecule has 0 amide bonds. The van der Waals surface area contributed by atoms with Gasteiger partial charge in [0.25, 0.3) is 0 Å². The van der Waals surface area contributed by atoms with Crippen LogP contribution in [0.25, 0.3) is 0 Å². The standard InChI is InChI=1S/C16H24N2/c1-14-6-2-3-7-15(14)12-18-11-10-17-13-16(18)8-4-5-9-16/h2-3,6-7,17H,4-5,8-13H2,1H3. The predicted octanol–water partition coefficient (Wildman–Crippen LogP) is 2.71. The second-order valence-corrected chi connectivity index (χ2v) is 5.96. The molecule has 0 bridgehead atoms. The van der Waals surface area contributed by atoms with Crippen molar-refractivity contribution in [3.05, 3.63) is 35.4 Å². The first kappa shape index (κ1) is 12.2. The van der Waals surface area contributed by atoms with Crippen molar-refractivity contribution in [2.45, 2.75) is 44.7 Å². The monoisotopic (exact) mass is 244 g/mol. The van der Waals surface area contributed by atoms with E-state index in [9.17, 15) is 0 Å². The molecule has 1 N–H and O–H groups in total. The predicted molar refractivity (Wildman–Crippen MR) is 75.7 cm³/mol. The summed E-state index contributed by atoms with van der Waals surface area (Å²) in [5.74, 6) is 0. The van der Waals surface area contributed by atoms with Gasteiger partial charge in [0.05, 0.1) is 0 Å². The number of aryl methyl sites for hydroxylation is 1. The lowest BCUT2D eigenvalue weighted by molar-refractivity contribution is 0.0571. The lowest BCUT2D eigenvalue weighted by Gasteiger charge is -2.45. The Kier molecular flexibility index (Phi) is 3.40. The Morgan fingerprint density at radius 3 is 2.78 bits per heavy atom. The fraction of sp³-hybridized carbons (Fsp3) is 0.625. The molecule has 1 spiro atoms. The zero-order valence-corrected chi connectivity index (χ0v) is 11.4. The van der Waals surface area contributed by atoms with Gasteiger partial charge in [0.2, 0.25) is 0 Å². The average molecular weight is 244 g/mol. The highest BCUT2D eigenvalue weighted by Gasteiger charge is 2.40. The van der Waals surface area contributed by atoms with E-state index in [1.807, 2.05) is 0 Å². The molecule has 98 valence electrons. The molecule has 1 aromatic carbocycles. The molecule has 0 atom stereocenters. The third-order valence-corrected chi connectivity index (χ3v) is 4.84. The third kappa shape index (κ3) is 2.19. The van der Waals surface area contributed by atoms with Gasteiger partial charge >= 0.3 is 0 Å². The minimum absolute atomic E-state index is 0.459. The van der Waals surface area contributed by atoms with Crippen LogP contribution in [0.5, 0.6) is 0 Å². The highest BCUT2D eigenvalue weighted by atomic mass is 15.3. The van der Waals surface area contributed by atoms with E-state index in [4.69, 9.17) is 0 Å². The van der Waals surface area contributed by atoms with Crippen molar-refractivity contribution in [1.29, 1.82) is 0 Å². The highest BCUT2D eigenvalue weighted by Crippen LogP contribution is 2.37. The van der Waals surface area contributed by atoms with E-state index in [1.165, 1.54) is 49.9 Å². The number of piperazine rings is 1. The van der Waals surface area contributed by atoms with Crippen molar-refractivity contribution >= 4 is 0 Å². The Labute approximate surface area is 110 Å². The Morgan fingerprint density at radius 2 is 2.00 bits per heavy atom. The van der Waals surface area contributed by atoms with Gasteiger partial charge in [0.1, 0.15) is 0 Å². The quantitative estimate of drug-likeness (QED) is 0.860. The molecule has 0 radical (unpaired) electrons. The van der Waals surface area contributed by atoms with Gasteiger partial charge in [-0.2, -0.15) is 0 Å². The lowest BCUT2D eigenvalue weighted by Crippen LogP contribution is -2.59. The maximum absolute atomic E-state index is 3.61. The van der Waals surface area contributed by atoms with Crippen LogP contribution in [0.2, 0.25) is 0 Å². The molecule has 2 fully saturated rings. The number of hydrogen-bond acceptors (Lipinski definition) is 2. The minimum Gasteiger partial charge on any atom is -0.314 e. The van der Waals surface area contributed by atoms with Gasteiger partial charge in [-0.1, -0.05) is 37.1 Å². The molecule has 2 aliphatic rings. The van der Waals surface area contributed by atoms with E-state index in [2.05, 4.69) is 41.4 Å². The van der Waals surface area contributed by atoms with Crippen molar-refractivity contribution in [2.24, 2.45) is 0 Å². The van der Waals surface area contributed by atoms with E-state index >= 15 is 0 Å². The summed E-state index contributed by atoms with van der Waals surface area (Å²) in [6, 6.07) is 8.84. The molecule has 1 aliphatic carbocycles. The van der Waals surface area contributed by atoms with Crippen molar-refractivity contribution in [2.75, 3.05) is 19.6 Å². The van der Waals surface area contributed by atoms with Gasteiger partial charge in [-0.15, -0.1) is 0 Å². The van der Waals surface area contributed by atoms with Crippen LogP contribution in [0.1, 0.15) is 36.8 Å². The van der Waals surface area contributed by atoms with E-state index in [0.29, 0.717) is 5.54 Å². The van der Waals surface area contributed by atoms with Gasteiger partial charge in [-0.05, 0) is 30.9 Å². The smallest absolute Gasteiger partial charge is 0.0338 e. The van der Waals surface area contributed by atoms with E-state index in [-0.39, 0.29) is 0 Å². The third-order valence-electron chi connectivity index (χ3n) is 4.84. The van der Waals surface area contributed by atoms with E-state index < -0.39 is 0 Å². The molecule has 1 aromatic rings. The van der Waals surface area contributed by atoms with Crippen LogP contribution < -0.4 is 5.32 Å². The summed E-state index contributed by atoms with van der Waals surface area (Å²) < 4.78 is 0. The van der Waals surface area contributed by atoms with Gasteiger partial charge in [0, 0.05) is 31.7 Å². The summed E-state index contributed by atoms with van der Waals surface area (Å²) in [5, 5.41) is 3.61. The molecule has 0 unspecified atom stereocenters. The van der Waals surface area contributed by atoms with Crippen LogP contribution in [0.4, 0.5) is 0 Å². The lowest BCUT2D eigenvalue weighted by atomic mass is 9.91. The maximum Gasteiger partial charge on any atom is 0.0338 e. The maximum atomic E-state index is 3.61. The molecule has 1 heterocycles. The van der Waals surface area contributed by atoms with Crippen molar-refractivity contribution in [3.8, 4) is 0 Å². The second kappa shape index (κ2) is 5.02. The van der Waals surface area contributed by atoms with Crippen LogP contribution in [0, 0.1) is 6.92 Å². The molecular weight excluding hydrogens is 220 g/mol. The fourth-order valence-corrected chi connectivity index (χ4v) is 3.65. The van der Waals surface area contributed by atoms with Gasteiger partial charge in [-0.25, -0.2) is 0 Å². The topological polar surface area (TPSA) is 15.3 Å². The first-order valence-electron chi connectivity index (χ1n) is 7.30. The Bertz CT molecular complexity index is 407. The molecular formula is C16H24N2. The second-order valence-electron chi connectivity index (χ2n) is 5.96. The Morgan fingerprint density at radius 1 is 1.22 bits per heavy atom. The van der Waals surface area contributed by atoms with Crippen molar-refractivity contribution < 1.29 is 0 Å². The summed E-state index contributed by atoms with van der Waals surface area (Å²) in [5.41, 5.74) is 3.40. The molecule has 0 aromatic heterocycles. The van der Waals surface area contributed by atoms with E-state index in [0.717, 1.165) is 13.1 Å². The van der Waals surface area contributed by atoms with E-state index in [1.54, 1.807) is 0 Å². The Balaban J connectivity index is 1.80. The van der Waals surface area contributed by atoms with Crippen LogP contribution >= 0.6 is 0 Å². The first-order valence-corrected chi connectivity index (χ1v) is 7.30. The highest BCUT2D eigenvalue weighted by molar-refractivity contribution is 5.26. The van der Waals surface area contributed by atoms with Crippen molar-refractivity contribution in [1.82, 2.24) is 10.2 Å². The minimum atomic E-state index is 0.459. The summed E-state index contributed by atoms with van der Waals surface area (Å²) >= 11 is 0. The summed E-state index contributed by atoms with van der Waals surface area (Å²) in [7, 11) is 0. The molecule has 1 saturated carbocycles. The number of nitrogens with one attached hydrogen (secondary N) is 1. The van der Waals surface area contributed by atoms with Crippen LogP contribution in [0.3, 0.4) is 0 Å². The number of nitrogens with zero attached hydrogens (tertiary/aromatic N) is 1. The van der Waals surface area contributed by atoms with Gasteiger partial charge in [-0.3, -0.25) is 4.90 Å². The Hall–Kier alpha value is -0.860. The SMILES string of the molecule is Cc1ccccc1CN1CCNCC12CCCC2. The molecule has 2 nitrogen and oxygen atoms in total. The average Bonchev–Trinajstić information content (AvgIpc) is 2.84. The summed E-state index contributed by atoms with van der Waals surface area (Å²) in [4.78, 5) is 2.75. The summed E-state index contributed by atoms with van der Waals surface area (Å²) in [6.45, 7) is 6.91. The number of benzene rings is 1. The van der Waals surface area contributed by atoms with Crippen molar-refractivity contribution in [3.63, 3.8) is 0 Å².